The molecule has 0 aliphatic heterocycles. The van der Waals surface area contributed by atoms with Crippen LogP contribution in [0.25, 0.3) is 99.1 Å². The minimum atomic E-state index is 0.0405. The molecule has 0 amide bonds. The molecule has 238 valence electrons. The summed E-state index contributed by atoms with van der Waals surface area (Å²) in [5, 5.41) is 5.96. The minimum absolute atomic E-state index is 0.0405. The van der Waals surface area contributed by atoms with Crippen molar-refractivity contribution < 1.29 is 8.53 Å². The summed E-state index contributed by atoms with van der Waals surface area (Å²) >= 11 is 0. The topological polar surface area (TPSA) is 13.1 Å². The highest BCUT2D eigenvalue weighted by Crippen LogP contribution is 2.48. The summed E-state index contributed by atoms with van der Waals surface area (Å²) in [6.07, 6.45) is 0. The molecule has 0 fully saturated rings. The Balaban J connectivity index is 1.29. The van der Waals surface area contributed by atoms with Crippen LogP contribution in [0.5, 0.6) is 0 Å². The molecule has 0 aliphatic carbocycles. The Morgan fingerprint density at radius 2 is 0.882 bits per heavy atom. The summed E-state index contributed by atoms with van der Waals surface area (Å²) in [5.74, 6) is 0. The second-order valence-corrected chi connectivity index (χ2v) is 12.9. The van der Waals surface area contributed by atoms with Crippen LogP contribution in [0.2, 0.25) is 0 Å². The Kier molecular flexibility index (Phi) is 6.17. The zero-order chi connectivity index (χ0) is 36.3. The van der Waals surface area contributed by atoms with Crippen molar-refractivity contribution in [3.63, 3.8) is 0 Å². The van der Waals surface area contributed by atoms with Crippen LogP contribution >= 0.6 is 0 Å². The maximum absolute atomic E-state index is 9.96. The molecule has 1 heterocycles. The summed E-state index contributed by atoms with van der Waals surface area (Å²) in [6, 6.07) is 59.7. The van der Waals surface area contributed by atoms with Crippen LogP contribution in [0.15, 0.2) is 198 Å². The van der Waals surface area contributed by atoms with Crippen LogP contribution in [0.1, 0.15) is 4.11 Å². The lowest BCUT2D eigenvalue weighted by Gasteiger charge is -2.19. The van der Waals surface area contributed by atoms with Crippen molar-refractivity contribution in [3.8, 4) is 55.6 Å². The summed E-state index contributed by atoms with van der Waals surface area (Å²) in [6.45, 7) is 0. The molecule has 0 saturated heterocycles. The van der Waals surface area contributed by atoms with Crippen molar-refractivity contribution in [1.82, 2.24) is 0 Å². The van der Waals surface area contributed by atoms with Crippen molar-refractivity contribution in [2.75, 3.05) is 0 Å². The van der Waals surface area contributed by atoms with Crippen LogP contribution in [-0.2, 0) is 0 Å². The summed E-state index contributed by atoms with van der Waals surface area (Å²) in [5.41, 5.74) is 10.2. The molecular formula is C50H32O. The lowest BCUT2D eigenvalue weighted by molar-refractivity contribution is 0.669. The Morgan fingerprint density at radius 3 is 1.51 bits per heavy atom. The Bertz CT molecular complexity index is 3000. The van der Waals surface area contributed by atoms with Crippen LogP contribution in [-0.4, -0.2) is 0 Å². The van der Waals surface area contributed by atoms with Crippen molar-refractivity contribution >= 4 is 43.5 Å². The maximum atomic E-state index is 9.96. The van der Waals surface area contributed by atoms with Crippen LogP contribution in [0.3, 0.4) is 0 Å². The first kappa shape index (κ1) is 26.2. The van der Waals surface area contributed by atoms with E-state index in [-0.39, 0.29) is 18.1 Å². The van der Waals surface area contributed by atoms with Gasteiger partial charge in [0.25, 0.3) is 0 Å². The third kappa shape index (κ3) is 4.86. The molecule has 0 radical (unpaired) electrons. The van der Waals surface area contributed by atoms with Gasteiger partial charge in [0.15, 0.2) is 0 Å². The molecule has 10 rings (SSSR count). The molecular weight excluding hydrogens is 617 g/mol. The van der Waals surface area contributed by atoms with E-state index in [0.717, 1.165) is 82.4 Å². The molecule has 1 heteroatoms. The molecule has 1 nitrogen and oxygen atoms in total. The second kappa shape index (κ2) is 12.0. The van der Waals surface area contributed by atoms with Gasteiger partial charge in [-0.05, 0) is 101 Å². The highest BCUT2D eigenvalue weighted by Gasteiger charge is 2.21. The van der Waals surface area contributed by atoms with E-state index in [4.69, 9.17) is 4.42 Å². The number of furan rings is 1. The van der Waals surface area contributed by atoms with E-state index < -0.39 is 0 Å². The van der Waals surface area contributed by atoms with Crippen LogP contribution in [0, 0.1) is 0 Å². The van der Waals surface area contributed by atoms with E-state index >= 15 is 0 Å². The molecule has 9 aromatic carbocycles. The largest absolute Gasteiger partial charge is 0.456 e. The van der Waals surface area contributed by atoms with E-state index in [1.54, 1.807) is 0 Å². The lowest BCUT2D eigenvalue weighted by Crippen LogP contribution is -1.93. The van der Waals surface area contributed by atoms with Crippen LogP contribution in [0.4, 0.5) is 0 Å². The third-order valence-electron chi connectivity index (χ3n) is 9.99. The van der Waals surface area contributed by atoms with E-state index in [1.165, 1.54) is 0 Å². The number of hydrogen-bond acceptors (Lipinski definition) is 1. The predicted molar refractivity (Wildman–Crippen MR) is 216 cm³/mol. The molecule has 0 atom stereocenters. The maximum Gasteiger partial charge on any atom is 0.136 e. The van der Waals surface area contributed by atoms with Gasteiger partial charge in [-0.25, -0.2) is 0 Å². The lowest BCUT2D eigenvalue weighted by atomic mass is 9.83. The average molecular weight is 652 g/mol. The molecule has 10 aromatic rings. The Hall–Kier alpha value is -6.70. The smallest absolute Gasteiger partial charge is 0.136 e. The average Bonchev–Trinajstić information content (AvgIpc) is 3.61. The van der Waals surface area contributed by atoms with Gasteiger partial charge >= 0.3 is 0 Å². The minimum Gasteiger partial charge on any atom is -0.456 e. The number of benzene rings is 9. The van der Waals surface area contributed by atoms with Gasteiger partial charge in [0.05, 0.1) is 4.11 Å². The summed E-state index contributed by atoms with van der Waals surface area (Å²) in [4.78, 5) is 0. The zero-order valence-electron chi connectivity index (χ0n) is 30.7. The van der Waals surface area contributed by atoms with E-state index in [9.17, 15) is 4.11 Å². The predicted octanol–water partition coefficient (Wildman–Crippen LogP) is 14.2. The quantitative estimate of drug-likeness (QED) is 0.169. The van der Waals surface area contributed by atoms with Crippen molar-refractivity contribution in [2.24, 2.45) is 0 Å². The number of hydrogen-bond donors (Lipinski definition) is 0. The van der Waals surface area contributed by atoms with Gasteiger partial charge < -0.3 is 4.42 Å². The van der Waals surface area contributed by atoms with Gasteiger partial charge in [0.2, 0.25) is 0 Å². The van der Waals surface area contributed by atoms with Crippen molar-refractivity contribution in [1.29, 1.82) is 0 Å². The monoisotopic (exact) mass is 651 g/mol. The Labute approximate surface area is 300 Å². The molecule has 0 saturated carbocycles. The number of fused-ring (bicyclic) bond motifs is 5. The van der Waals surface area contributed by atoms with Crippen LogP contribution < -0.4 is 0 Å². The standard InChI is InChI=1S/C50H32O/c1-4-15-33(16-5-1)36-27-30-43-47(32-36)51-46-26-14-25-44(50(43)46)49-41-23-12-10-21-39(41)48(40-22-11-13-24-42(40)49)37-28-29-38(34-17-6-2-7-18-34)45(31-37)35-19-8-3-9-20-35/h1-32H/i28D,29D,31D. The SMILES string of the molecule is [2H]c1c([2H])c(-c2ccccc2)c(-c2ccccc2)c([2H])c1-c1c2ccccc2c(-c2cccc3oc4cc(-c5ccccc5)ccc4c23)c2ccccc12. The molecule has 1 aromatic heterocycles. The first-order chi connectivity index (χ1) is 26.6. The van der Waals surface area contributed by atoms with Gasteiger partial charge in [-0.2, -0.15) is 0 Å². The van der Waals surface area contributed by atoms with Gasteiger partial charge in [0.1, 0.15) is 11.2 Å². The molecule has 0 bridgehead atoms. The third-order valence-corrected chi connectivity index (χ3v) is 9.99. The van der Waals surface area contributed by atoms with Crippen molar-refractivity contribution in [2.45, 2.75) is 0 Å². The van der Waals surface area contributed by atoms with Gasteiger partial charge in [-0.3, -0.25) is 0 Å². The highest BCUT2D eigenvalue weighted by atomic mass is 16.3. The Morgan fingerprint density at radius 1 is 0.333 bits per heavy atom. The second-order valence-electron chi connectivity index (χ2n) is 12.9. The van der Waals surface area contributed by atoms with Gasteiger partial charge in [-0.15, -0.1) is 0 Å². The molecule has 51 heavy (non-hydrogen) atoms. The molecule has 0 unspecified atom stereocenters. The fraction of sp³-hybridized carbons (Fsp3) is 0. The first-order valence-electron chi connectivity index (χ1n) is 18.8. The number of rotatable bonds is 5. The van der Waals surface area contributed by atoms with E-state index in [0.29, 0.717) is 16.7 Å². The van der Waals surface area contributed by atoms with Gasteiger partial charge in [0, 0.05) is 10.8 Å². The fourth-order valence-corrected chi connectivity index (χ4v) is 7.71. The summed E-state index contributed by atoms with van der Waals surface area (Å²) in [7, 11) is 0. The fourth-order valence-electron chi connectivity index (χ4n) is 7.71. The normalized spacial score (nSPS) is 12.4. The molecule has 0 spiro atoms. The van der Waals surface area contributed by atoms with E-state index in [1.807, 2.05) is 84.9 Å². The summed E-state index contributed by atoms with van der Waals surface area (Å²) < 4.78 is 35.7. The van der Waals surface area contributed by atoms with E-state index in [2.05, 4.69) is 91.0 Å². The molecule has 0 N–H and O–H groups in total. The van der Waals surface area contributed by atoms with Gasteiger partial charge in [-0.1, -0.05) is 170 Å². The first-order valence-corrected chi connectivity index (χ1v) is 17.3. The van der Waals surface area contributed by atoms with Crippen molar-refractivity contribution in [3.05, 3.63) is 194 Å². The molecule has 0 aliphatic rings. The zero-order valence-corrected chi connectivity index (χ0v) is 27.7. The highest BCUT2D eigenvalue weighted by molar-refractivity contribution is 6.25.